The largest absolute Gasteiger partial charge is 0.480 e. The smallest absolute Gasteiger partial charge is 0.325 e. The van der Waals surface area contributed by atoms with Gasteiger partial charge >= 0.3 is 5.97 Å². The predicted octanol–water partition coefficient (Wildman–Crippen LogP) is -0.899. The molecule has 7 N–H and O–H groups in total. The topological polar surface area (TPSA) is 179 Å². The van der Waals surface area contributed by atoms with Crippen LogP contribution in [-0.2, 0) is 32.0 Å². The number of aromatic nitrogens is 2. The maximum absolute atomic E-state index is 12.6. The van der Waals surface area contributed by atoms with E-state index >= 15 is 0 Å². The maximum Gasteiger partial charge on any atom is 0.325 e. The van der Waals surface area contributed by atoms with E-state index in [1.165, 1.54) is 26.4 Å². The van der Waals surface area contributed by atoms with Crippen molar-refractivity contribution in [3.8, 4) is 0 Å². The molecular formula is C21H28N6O5. The highest BCUT2D eigenvalue weighted by Gasteiger charge is 2.28. The summed E-state index contributed by atoms with van der Waals surface area (Å²) in [6.07, 6.45) is 3.26. The SMILES string of the molecule is CC(NC(=O)C(Cc1cnc[nH]1)NC(=O)C(C)NC(=O)C(N)Cc1ccccc1)C(=O)O. The van der Waals surface area contributed by atoms with E-state index in [9.17, 15) is 19.2 Å². The highest BCUT2D eigenvalue weighted by molar-refractivity contribution is 5.94. The molecule has 0 aliphatic rings. The van der Waals surface area contributed by atoms with Crippen LogP contribution in [0.4, 0.5) is 0 Å². The van der Waals surface area contributed by atoms with E-state index in [0.717, 1.165) is 5.56 Å². The van der Waals surface area contributed by atoms with Gasteiger partial charge in [-0.2, -0.15) is 0 Å². The van der Waals surface area contributed by atoms with E-state index in [-0.39, 0.29) is 6.42 Å². The molecule has 3 amide bonds. The Labute approximate surface area is 185 Å². The highest BCUT2D eigenvalue weighted by Crippen LogP contribution is 2.03. The minimum absolute atomic E-state index is 0.0537. The summed E-state index contributed by atoms with van der Waals surface area (Å²) in [5.74, 6) is -3.02. The van der Waals surface area contributed by atoms with E-state index in [4.69, 9.17) is 10.8 Å². The van der Waals surface area contributed by atoms with Gasteiger partial charge in [-0.25, -0.2) is 4.98 Å². The number of carbonyl (C=O) groups excluding carboxylic acids is 3. The van der Waals surface area contributed by atoms with Gasteiger partial charge in [0.15, 0.2) is 0 Å². The van der Waals surface area contributed by atoms with Gasteiger partial charge in [0.2, 0.25) is 17.7 Å². The molecule has 1 aromatic heterocycles. The predicted molar refractivity (Wildman–Crippen MR) is 115 cm³/mol. The Kier molecular flexibility index (Phi) is 8.90. The third kappa shape index (κ3) is 7.51. The molecule has 11 nitrogen and oxygen atoms in total. The first-order chi connectivity index (χ1) is 15.2. The summed E-state index contributed by atoms with van der Waals surface area (Å²) in [4.78, 5) is 55.3. The van der Waals surface area contributed by atoms with Crippen LogP contribution in [0.3, 0.4) is 0 Å². The summed E-state index contributed by atoms with van der Waals surface area (Å²) >= 11 is 0. The number of aliphatic carboxylic acids is 1. The molecule has 172 valence electrons. The first-order valence-corrected chi connectivity index (χ1v) is 10.1. The first kappa shape index (κ1) is 24.5. The van der Waals surface area contributed by atoms with E-state index < -0.39 is 47.9 Å². The quantitative estimate of drug-likeness (QED) is 0.260. The van der Waals surface area contributed by atoms with Crippen molar-refractivity contribution in [3.05, 3.63) is 54.1 Å². The zero-order valence-electron chi connectivity index (χ0n) is 17.9. The Hall–Kier alpha value is -3.73. The van der Waals surface area contributed by atoms with Gasteiger partial charge in [0.05, 0.1) is 12.4 Å². The second kappa shape index (κ2) is 11.6. The number of carboxylic acids is 1. The number of H-pyrrole nitrogens is 1. The lowest BCUT2D eigenvalue weighted by Crippen LogP contribution is -2.56. The molecule has 0 aliphatic heterocycles. The fourth-order valence-corrected chi connectivity index (χ4v) is 2.84. The van der Waals surface area contributed by atoms with Gasteiger partial charge in [-0.15, -0.1) is 0 Å². The summed E-state index contributed by atoms with van der Waals surface area (Å²) in [6.45, 7) is 2.78. The molecule has 2 rings (SSSR count). The second-order valence-corrected chi connectivity index (χ2v) is 7.44. The molecule has 11 heteroatoms. The molecule has 4 unspecified atom stereocenters. The molecule has 0 saturated heterocycles. The molecule has 0 fully saturated rings. The number of nitrogens with two attached hydrogens (primary N) is 1. The number of nitrogens with zero attached hydrogens (tertiary/aromatic N) is 1. The van der Waals surface area contributed by atoms with Crippen molar-refractivity contribution in [3.63, 3.8) is 0 Å². The minimum atomic E-state index is -1.21. The van der Waals surface area contributed by atoms with Crippen LogP contribution in [0.1, 0.15) is 25.1 Å². The van der Waals surface area contributed by atoms with Gasteiger partial charge in [0.1, 0.15) is 18.1 Å². The van der Waals surface area contributed by atoms with Gasteiger partial charge < -0.3 is 31.8 Å². The molecule has 0 radical (unpaired) electrons. The van der Waals surface area contributed by atoms with Crippen molar-refractivity contribution in [2.24, 2.45) is 5.73 Å². The minimum Gasteiger partial charge on any atom is -0.480 e. The number of carbonyl (C=O) groups is 4. The molecule has 0 saturated carbocycles. The Bertz CT molecular complexity index is 918. The van der Waals surface area contributed by atoms with Gasteiger partial charge in [0.25, 0.3) is 0 Å². The number of aromatic amines is 1. The van der Waals surface area contributed by atoms with Gasteiger partial charge in [0, 0.05) is 18.3 Å². The summed E-state index contributed by atoms with van der Waals surface area (Å²) < 4.78 is 0. The van der Waals surface area contributed by atoms with Gasteiger partial charge in [-0.3, -0.25) is 19.2 Å². The summed E-state index contributed by atoms with van der Waals surface area (Å²) in [6, 6.07) is 5.18. The highest BCUT2D eigenvalue weighted by atomic mass is 16.4. The van der Waals surface area contributed by atoms with Crippen molar-refractivity contribution >= 4 is 23.7 Å². The first-order valence-electron chi connectivity index (χ1n) is 10.1. The van der Waals surface area contributed by atoms with Crippen LogP contribution >= 0.6 is 0 Å². The van der Waals surface area contributed by atoms with E-state index in [2.05, 4.69) is 25.9 Å². The van der Waals surface area contributed by atoms with E-state index in [1.807, 2.05) is 30.3 Å². The van der Waals surface area contributed by atoms with Crippen molar-refractivity contribution in [2.45, 2.75) is 50.9 Å². The maximum atomic E-state index is 12.6. The molecule has 1 heterocycles. The number of imidazole rings is 1. The van der Waals surface area contributed by atoms with Crippen LogP contribution in [0.2, 0.25) is 0 Å². The Morgan fingerprint density at radius 1 is 0.969 bits per heavy atom. The fourth-order valence-electron chi connectivity index (χ4n) is 2.84. The fraction of sp³-hybridized carbons (Fsp3) is 0.381. The molecule has 0 bridgehead atoms. The molecule has 4 atom stereocenters. The Morgan fingerprint density at radius 3 is 2.22 bits per heavy atom. The number of hydrogen-bond donors (Lipinski definition) is 6. The lowest BCUT2D eigenvalue weighted by atomic mass is 10.1. The third-order valence-corrected chi connectivity index (χ3v) is 4.73. The number of carboxylic acid groups (broad SMARTS) is 1. The molecule has 0 aliphatic carbocycles. The number of amides is 3. The molecule has 1 aromatic carbocycles. The standard InChI is InChI=1S/C21H28N6O5/c1-12(25-19(29)16(22)8-14-6-4-3-5-7-14)18(28)27-17(9-15-10-23-11-24-15)20(30)26-13(2)21(31)32/h3-7,10-13,16-17H,8-9,22H2,1-2H3,(H,23,24)(H,25,29)(H,26,30)(H,27,28)(H,31,32). The Morgan fingerprint density at radius 2 is 1.62 bits per heavy atom. The van der Waals surface area contributed by atoms with Gasteiger partial charge in [-0.05, 0) is 25.8 Å². The average molecular weight is 444 g/mol. The zero-order valence-corrected chi connectivity index (χ0v) is 17.9. The third-order valence-electron chi connectivity index (χ3n) is 4.73. The van der Waals surface area contributed by atoms with Crippen LogP contribution < -0.4 is 21.7 Å². The number of rotatable bonds is 11. The molecule has 2 aromatic rings. The molecule has 32 heavy (non-hydrogen) atoms. The molecular weight excluding hydrogens is 416 g/mol. The Balaban J connectivity index is 1.98. The normalized spacial score (nSPS) is 14.5. The zero-order chi connectivity index (χ0) is 23.7. The monoisotopic (exact) mass is 444 g/mol. The summed E-state index contributed by atoms with van der Waals surface area (Å²) in [7, 11) is 0. The van der Waals surface area contributed by atoms with Crippen molar-refractivity contribution in [1.29, 1.82) is 0 Å². The van der Waals surface area contributed by atoms with Crippen molar-refractivity contribution in [1.82, 2.24) is 25.9 Å². The number of hydrogen-bond acceptors (Lipinski definition) is 6. The summed E-state index contributed by atoms with van der Waals surface area (Å²) in [5, 5.41) is 16.4. The lowest BCUT2D eigenvalue weighted by Gasteiger charge is -2.22. The molecule has 0 spiro atoms. The summed E-state index contributed by atoms with van der Waals surface area (Å²) in [5.41, 5.74) is 7.40. The van der Waals surface area contributed by atoms with Crippen molar-refractivity contribution in [2.75, 3.05) is 0 Å². The van der Waals surface area contributed by atoms with Crippen molar-refractivity contribution < 1.29 is 24.3 Å². The van der Waals surface area contributed by atoms with E-state index in [0.29, 0.717) is 12.1 Å². The van der Waals surface area contributed by atoms with Crippen LogP contribution in [0.15, 0.2) is 42.9 Å². The second-order valence-electron chi connectivity index (χ2n) is 7.44. The van der Waals surface area contributed by atoms with Crippen LogP contribution in [0.25, 0.3) is 0 Å². The number of benzene rings is 1. The average Bonchev–Trinajstić information content (AvgIpc) is 3.26. The van der Waals surface area contributed by atoms with Crippen LogP contribution in [0.5, 0.6) is 0 Å². The van der Waals surface area contributed by atoms with Crippen LogP contribution in [-0.4, -0.2) is 62.9 Å². The lowest BCUT2D eigenvalue weighted by molar-refractivity contribution is -0.141. The van der Waals surface area contributed by atoms with Gasteiger partial charge in [-0.1, -0.05) is 30.3 Å². The van der Waals surface area contributed by atoms with E-state index in [1.54, 1.807) is 0 Å². The number of nitrogens with one attached hydrogen (secondary N) is 4. The van der Waals surface area contributed by atoms with Crippen LogP contribution in [0, 0.1) is 0 Å².